The number of fused-ring (bicyclic) bond motifs is 2. The Bertz CT molecular complexity index is 215. The zero-order chi connectivity index (χ0) is 11.6. The van der Waals surface area contributed by atoms with Crippen molar-refractivity contribution in [3.05, 3.63) is 0 Å². The van der Waals surface area contributed by atoms with Crippen molar-refractivity contribution in [2.24, 2.45) is 0 Å². The van der Waals surface area contributed by atoms with Crippen molar-refractivity contribution in [1.29, 1.82) is 0 Å². The molecule has 0 aromatic heterocycles. The lowest BCUT2D eigenvalue weighted by molar-refractivity contribution is -0.0878. The van der Waals surface area contributed by atoms with E-state index >= 15 is 0 Å². The molecule has 0 spiro atoms. The van der Waals surface area contributed by atoms with Crippen molar-refractivity contribution < 1.29 is 5.11 Å². The summed E-state index contributed by atoms with van der Waals surface area (Å²) >= 11 is 0. The monoisotopic (exact) mass is 225 g/mol. The molecule has 16 heavy (non-hydrogen) atoms. The maximum absolute atomic E-state index is 10.7. The molecular formula is C14H27NO. The number of unbranched alkanes of at least 4 members (excludes halogenated alkanes) is 2. The van der Waals surface area contributed by atoms with Crippen molar-refractivity contribution in [3.8, 4) is 0 Å². The van der Waals surface area contributed by atoms with E-state index in [-0.39, 0.29) is 5.60 Å². The Labute approximate surface area is 100 Å². The third-order valence-corrected chi connectivity index (χ3v) is 4.70. The summed E-state index contributed by atoms with van der Waals surface area (Å²) in [6.45, 7) is 2.23. The lowest BCUT2D eigenvalue weighted by Crippen LogP contribution is -2.56. The van der Waals surface area contributed by atoms with Crippen molar-refractivity contribution in [1.82, 2.24) is 4.90 Å². The van der Waals surface area contributed by atoms with Gasteiger partial charge in [-0.2, -0.15) is 0 Å². The van der Waals surface area contributed by atoms with Crippen LogP contribution in [0.1, 0.15) is 64.7 Å². The van der Waals surface area contributed by atoms with Gasteiger partial charge in [0.05, 0.1) is 5.60 Å². The summed E-state index contributed by atoms with van der Waals surface area (Å²) in [6, 6.07) is 1.30. The van der Waals surface area contributed by atoms with Gasteiger partial charge in [-0.15, -0.1) is 0 Å². The molecule has 2 aliphatic rings. The molecule has 2 rings (SSSR count). The summed E-state index contributed by atoms with van der Waals surface area (Å²) in [7, 11) is 2.25. The van der Waals surface area contributed by atoms with Gasteiger partial charge >= 0.3 is 0 Å². The normalized spacial score (nSPS) is 39.9. The van der Waals surface area contributed by atoms with Gasteiger partial charge in [0, 0.05) is 12.1 Å². The van der Waals surface area contributed by atoms with Gasteiger partial charge in [-0.1, -0.05) is 32.6 Å². The van der Waals surface area contributed by atoms with Crippen molar-refractivity contribution in [2.45, 2.75) is 82.4 Å². The molecule has 0 saturated carbocycles. The Morgan fingerprint density at radius 3 is 2.38 bits per heavy atom. The first-order valence-corrected chi connectivity index (χ1v) is 7.09. The fourth-order valence-electron chi connectivity index (χ4n) is 3.66. The van der Waals surface area contributed by atoms with Crippen molar-refractivity contribution in [3.63, 3.8) is 0 Å². The van der Waals surface area contributed by atoms with Crippen LogP contribution in [0.15, 0.2) is 0 Å². The number of piperidine rings is 2. The van der Waals surface area contributed by atoms with Crippen LogP contribution in [0, 0.1) is 0 Å². The smallest absolute Gasteiger partial charge is 0.0677 e. The molecule has 2 heteroatoms. The molecule has 2 saturated heterocycles. The maximum Gasteiger partial charge on any atom is 0.0677 e. The van der Waals surface area contributed by atoms with Crippen LogP contribution in [0.4, 0.5) is 0 Å². The van der Waals surface area contributed by atoms with Crippen LogP contribution in [-0.2, 0) is 0 Å². The van der Waals surface area contributed by atoms with Gasteiger partial charge in [0.15, 0.2) is 0 Å². The minimum Gasteiger partial charge on any atom is -0.390 e. The fraction of sp³-hybridized carbons (Fsp3) is 1.00. The van der Waals surface area contributed by atoms with Gasteiger partial charge in [0.2, 0.25) is 0 Å². The number of aliphatic hydroxyl groups is 1. The fourth-order valence-corrected chi connectivity index (χ4v) is 3.66. The molecule has 2 atom stereocenters. The van der Waals surface area contributed by atoms with E-state index in [9.17, 15) is 5.11 Å². The predicted octanol–water partition coefficient (Wildman–Crippen LogP) is 2.94. The molecule has 2 fully saturated rings. The maximum atomic E-state index is 10.7. The highest BCUT2D eigenvalue weighted by Gasteiger charge is 2.43. The van der Waals surface area contributed by atoms with Gasteiger partial charge in [0.1, 0.15) is 0 Å². The standard InChI is InChI=1S/C14H27NO/c1-3-4-5-9-14(16)10-12-7-6-8-13(11-14)15(12)2/h12-13,16H,3-11H2,1-2H3. The number of nitrogens with zero attached hydrogens (tertiary/aromatic N) is 1. The summed E-state index contributed by atoms with van der Waals surface area (Å²) in [5, 5.41) is 10.7. The average molecular weight is 225 g/mol. The van der Waals surface area contributed by atoms with Crippen LogP contribution in [0.3, 0.4) is 0 Å². The molecule has 2 heterocycles. The third-order valence-electron chi connectivity index (χ3n) is 4.70. The summed E-state index contributed by atoms with van der Waals surface area (Å²) in [6.07, 6.45) is 10.7. The van der Waals surface area contributed by atoms with Crippen LogP contribution in [-0.4, -0.2) is 34.7 Å². The van der Waals surface area contributed by atoms with E-state index in [0.717, 1.165) is 19.3 Å². The highest BCUT2D eigenvalue weighted by molar-refractivity contribution is 4.98. The van der Waals surface area contributed by atoms with Crippen molar-refractivity contribution in [2.75, 3.05) is 7.05 Å². The van der Waals surface area contributed by atoms with E-state index in [1.165, 1.54) is 38.5 Å². The van der Waals surface area contributed by atoms with Crippen LogP contribution in [0.5, 0.6) is 0 Å². The third kappa shape index (κ3) is 2.60. The minimum atomic E-state index is -0.336. The lowest BCUT2D eigenvalue weighted by atomic mass is 9.74. The summed E-state index contributed by atoms with van der Waals surface area (Å²) in [4.78, 5) is 2.53. The molecule has 0 aliphatic carbocycles. The molecule has 0 amide bonds. The predicted molar refractivity (Wildman–Crippen MR) is 67.5 cm³/mol. The Morgan fingerprint density at radius 1 is 1.19 bits per heavy atom. The SMILES string of the molecule is CCCCCC1(O)CC2CCCC(C1)N2C. The molecule has 0 radical (unpaired) electrons. The summed E-state index contributed by atoms with van der Waals surface area (Å²) < 4.78 is 0. The van der Waals surface area contributed by atoms with Gasteiger partial charge in [-0.05, 0) is 39.2 Å². The van der Waals surface area contributed by atoms with E-state index in [1.54, 1.807) is 0 Å². The van der Waals surface area contributed by atoms with E-state index in [2.05, 4.69) is 18.9 Å². The van der Waals surface area contributed by atoms with Crippen LogP contribution >= 0.6 is 0 Å². The first kappa shape index (κ1) is 12.4. The minimum absolute atomic E-state index is 0.336. The van der Waals surface area contributed by atoms with E-state index < -0.39 is 0 Å². The zero-order valence-electron chi connectivity index (χ0n) is 10.9. The Balaban J connectivity index is 1.92. The molecular weight excluding hydrogens is 198 g/mol. The van der Waals surface area contributed by atoms with E-state index in [1.807, 2.05) is 0 Å². The van der Waals surface area contributed by atoms with E-state index in [0.29, 0.717) is 12.1 Å². The highest BCUT2D eigenvalue weighted by atomic mass is 16.3. The van der Waals surface area contributed by atoms with Crippen LogP contribution < -0.4 is 0 Å². The first-order valence-electron chi connectivity index (χ1n) is 7.09. The topological polar surface area (TPSA) is 23.5 Å². The molecule has 2 unspecified atom stereocenters. The second-order valence-electron chi connectivity index (χ2n) is 5.99. The number of hydrogen-bond acceptors (Lipinski definition) is 2. The van der Waals surface area contributed by atoms with Crippen molar-refractivity contribution >= 4 is 0 Å². The van der Waals surface area contributed by atoms with Gasteiger partial charge < -0.3 is 10.0 Å². The molecule has 2 nitrogen and oxygen atoms in total. The van der Waals surface area contributed by atoms with Gasteiger partial charge in [0.25, 0.3) is 0 Å². The molecule has 2 aliphatic heterocycles. The second-order valence-corrected chi connectivity index (χ2v) is 5.99. The number of hydrogen-bond donors (Lipinski definition) is 1. The van der Waals surface area contributed by atoms with Gasteiger partial charge in [-0.25, -0.2) is 0 Å². The highest BCUT2D eigenvalue weighted by Crippen LogP contribution is 2.40. The Hall–Kier alpha value is -0.0800. The van der Waals surface area contributed by atoms with Gasteiger partial charge in [-0.3, -0.25) is 0 Å². The molecule has 1 N–H and O–H groups in total. The summed E-state index contributed by atoms with van der Waals surface area (Å²) in [5.41, 5.74) is -0.336. The average Bonchev–Trinajstić information content (AvgIpc) is 2.21. The molecule has 0 aromatic rings. The molecule has 0 aromatic carbocycles. The lowest BCUT2D eigenvalue weighted by Gasteiger charge is -2.50. The molecule has 2 bridgehead atoms. The zero-order valence-corrected chi connectivity index (χ0v) is 10.9. The first-order chi connectivity index (χ1) is 7.64. The largest absolute Gasteiger partial charge is 0.390 e. The Kier molecular flexibility index (Phi) is 3.91. The van der Waals surface area contributed by atoms with Crippen LogP contribution in [0.25, 0.3) is 0 Å². The molecule has 94 valence electrons. The second kappa shape index (κ2) is 5.05. The van der Waals surface area contributed by atoms with E-state index in [4.69, 9.17) is 0 Å². The Morgan fingerprint density at radius 2 is 1.81 bits per heavy atom. The summed E-state index contributed by atoms with van der Waals surface area (Å²) in [5.74, 6) is 0. The van der Waals surface area contributed by atoms with Crippen LogP contribution in [0.2, 0.25) is 0 Å². The number of rotatable bonds is 4. The quantitative estimate of drug-likeness (QED) is 0.744.